The minimum atomic E-state index is 0.303. The zero-order valence-corrected chi connectivity index (χ0v) is 18.8. The summed E-state index contributed by atoms with van der Waals surface area (Å²) in [6.07, 6.45) is 10.9. The third kappa shape index (κ3) is 7.89. The van der Waals surface area contributed by atoms with E-state index in [0.29, 0.717) is 22.7 Å². The number of nitrogens with one attached hydrogen (secondary N) is 2. The number of ether oxygens (including phenoxy) is 1. The number of nitrogens with zero attached hydrogens (tertiary/aromatic N) is 2. The minimum absolute atomic E-state index is 0.303. The molecule has 1 unspecified atom stereocenters. The Bertz CT molecular complexity index is 748. The number of rotatable bonds is 10. The van der Waals surface area contributed by atoms with Gasteiger partial charge in [-0.1, -0.05) is 37.6 Å². The highest BCUT2D eigenvalue weighted by Crippen LogP contribution is 2.55. The van der Waals surface area contributed by atoms with E-state index in [-0.39, 0.29) is 0 Å². The molecule has 1 aliphatic carbocycles. The second-order valence-corrected chi connectivity index (χ2v) is 7.51. The van der Waals surface area contributed by atoms with Crippen LogP contribution in [0.4, 0.5) is 0 Å². The highest BCUT2D eigenvalue weighted by molar-refractivity contribution is 6.31. The van der Waals surface area contributed by atoms with Gasteiger partial charge in [-0.25, -0.2) is 9.97 Å². The summed E-state index contributed by atoms with van der Waals surface area (Å²) in [5.41, 5.74) is 1.31. The summed E-state index contributed by atoms with van der Waals surface area (Å²) in [4.78, 5) is 18.6. The van der Waals surface area contributed by atoms with E-state index in [9.17, 15) is 4.79 Å². The average molecular weight is 421 g/mol. The normalized spacial score (nSPS) is 20.8. The maximum atomic E-state index is 9.99. The Morgan fingerprint density at radius 1 is 1.52 bits per heavy atom. The third-order valence-corrected chi connectivity index (χ3v) is 5.32. The van der Waals surface area contributed by atoms with Crippen molar-refractivity contribution in [2.45, 2.75) is 47.0 Å². The first kappa shape index (κ1) is 24.7. The van der Waals surface area contributed by atoms with E-state index in [1.54, 1.807) is 25.4 Å². The van der Waals surface area contributed by atoms with Crippen LogP contribution in [0.1, 0.15) is 45.1 Å². The van der Waals surface area contributed by atoms with Gasteiger partial charge in [0, 0.05) is 17.5 Å². The van der Waals surface area contributed by atoms with Crippen molar-refractivity contribution in [1.29, 1.82) is 0 Å². The zero-order chi connectivity index (χ0) is 21.9. The fourth-order valence-corrected chi connectivity index (χ4v) is 3.06. The van der Waals surface area contributed by atoms with Crippen LogP contribution in [0, 0.1) is 18.3 Å². The lowest BCUT2D eigenvalue weighted by molar-refractivity contribution is -0.109. The van der Waals surface area contributed by atoms with E-state index < -0.39 is 0 Å². The smallest absolute Gasteiger partial charge is 0.212 e. The Balaban J connectivity index is 0.000000331. The Kier molecular flexibility index (Phi) is 10.5. The van der Waals surface area contributed by atoms with Crippen LogP contribution in [-0.2, 0) is 11.2 Å². The summed E-state index contributed by atoms with van der Waals surface area (Å²) in [5, 5.41) is 5.78. The second kappa shape index (κ2) is 12.3. The lowest BCUT2D eigenvalue weighted by Crippen LogP contribution is -2.21. The Labute approximate surface area is 179 Å². The monoisotopic (exact) mass is 420 g/mol. The molecule has 0 aromatic carbocycles. The van der Waals surface area contributed by atoms with Crippen LogP contribution < -0.4 is 15.4 Å². The van der Waals surface area contributed by atoms with E-state index in [1.807, 2.05) is 19.9 Å². The Morgan fingerprint density at radius 3 is 2.69 bits per heavy atom. The molecule has 2 atom stereocenters. The van der Waals surface area contributed by atoms with Gasteiger partial charge in [0.15, 0.2) is 5.75 Å². The molecule has 1 aromatic heterocycles. The first-order valence-electron chi connectivity index (χ1n) is 9.83. The van der Waals surface area contributed by atoms with Crippen LogP contribution in [0.5, 0.6) is 5.75 Å². The van der Waals surface area contributed by atoms with Gasteiger partial charge in [-0.3, -0.25) is 4.79 Å². The fraction of sp³-hybridized carbons (Fsp3) is 0.500. The Morgan fingerprint density at radius 2 is 2.21 bits per heavy atom. The highest BCUT2D eigenvalue weighted by atomic mass is 35.5. The molecule has 1 saturated carbocycles. The molecular formula is C22H33ClN4O2. The number of aryl methyl sites for hydroxylation is 2. The standard InChI is InChI=1S/C15H22N2O.C7H11ClN2O/c1-5-7-15(8-11(15)3)10-18-14-9-16-12(4)17-13(14)6-2;1-3-6(8)4-7(9-2)10-5-11/h5,9,11H,1,6-8,10H2,2-4H3;3-5,9H,1-2H3,(H,10,11)/b;6-3+,7-4+/t11?,15-;/m1./s1. The van der Waals surface area contributed by atoms with Crippen molar-refractivity contribution in [3.05, 3.63) is 53.4 Å². The summed E-state index contributed by atoms with van der Waals surface area (Å²) in [5.74, 6) is 2.94. The number of amides is 1. The van der Waals surface area contributed by atoms with Crippen LogP contribution in [0.3, 0.4) is 0 Å². The van der Waals surface area contributed by atoms with Gasteiger partial charge in [0.1, 0.15) is 11.6 Å². The van der Waals surface area contributed by atoms with E-state index in [0.717, 1.165) is 42.6 Å². The van der Waals surface area contributed by atoms with Crippen LogP contribution in [0.2, 0.25) is 0 Å². The molecule has 7 heteroatoms. The quantitative estimate of drug-likeness (QED) is 0.336. The van der Waals surface area contributed by atoms with Gasteiger partial charge in [-0.05, 0) is 45.1 Å². The van der Waals surface area contributed by atoms with Crippen molar-refractivity contribution in [1.82, 2.24) is 20.6 Å². The number of hydrogen-bond acceptors (Lipinski definition) is 5. The van der Waals surface area contributed by atoms with Crippen LogP contribution in [-0.4, -0.2) is 30.0 Å². The van der Waals surface area contributed by atoms with Gasteiger partial charge >= 0.3 is 0 Å². The topological polar surface area (TPSA) is 76.1 Å². The largest absolute Gasteiger partial charge is 0.489 e. The minimum Gasteiger partial charge on any atom is -0.489 e. The van der Waals surface area contributed by atoms with Gasteiger partial charge in [-0.2, -0.15) is 0 Å². The fourth-order valence-electron chi connectivity index (χ4n) is 2.95. The predicted octanol–water partition coefficient (Wildman–Crippen LogP) is 4.26. The molecule has 0 aliphatic heterocycles. The summed E-state index contributed by atoms with van der Waals surface area (Å²) in [6.45, 7) is 12.7. The number of allylic oxidation sites excluding steroid dienone is 4. The molecule has 6 nitrogen and oxygen atoms in total. The van der Waals surface area contributed by atoms with Gasteiger partial charge < -0.3 is 15.4 Å². The van der Waals surface area contributed by atoms with Crippen LogP contribution in [0.15, 0.2) is 41.9 Å². The first-order chi connectivity index (χ1) is 13.8. The molecule has 2 N–H and O–H groups in total. The van der Waals surface area contributed by atoms with Gasteiger partial charge in [0.25, 0.3) is 0 Å². The summed E-state index contributed by atoms with van der Waals surface area (Å²) >= 11 is 5.66. The number of hydrogen-bond donors (Lipinski definition) is 2. The molecule has 160 valence electrons. The van der Waals surface area contributed by atoms with E-state index in [2.05, 4.69) is 41.0 Å². The molecule has 1 amide bonds. The van der Waals surface area contributed by atoms with Crippen molar-refractivity contribution in [2.75, 3.05) is 13.7 Å². The van der Waals surface area contributed by atoms with Crippen molar-refractivity contribution < 1.29 is 9.53 Å². The number of carbonyl (C=O) groups excluding carboxylic acids is 1. The second-order valence-electron chi connectivity index (χ2n) is 7.07. The highest BCUT2D eigenvalue weighted by Gasteiger charge is 2.50. The number of aromatic nitrogens is 2. The molecule has 29 heavy (non-hydrogen) atoms. The molecule has 0 bridgehead atoms. The Hall–Kier alpha value is -2.34. The maximum Gasteiger partial charge on any atom is 0.212 e. The summed E-state index contributed by atoms with van der Waals surface area (Å²) in [6, 6.07) is 0. The lowest BCUT2D eigenvalue weighted by Gasteiger charge is -2.17. The third-order valence-electron chi connectivity index (χ3n) is 4.99. The molecule has 0 spiro atoms. The van der Waals surface area contributed by atoms with Crippen LogP contribution >= 0.6 is 11.6 Å². The van der Waals surface area contributed by atoms with Gasteiger partial charge in [0.05, 0.1) is 18.5 Å². The zero-order valence-electron chi connectivity index (χ0n) is 18.1. The number of carbonyl (C=O) groups is 1. The lowest BCUT2D eigenvalue weighted by atomic mass is 10.0. The van der Waals surface area contributed by atoms with Gasteiger partial charge in [-0.15, -0.1) is 6.58 Å². The molecule has 1 heterocycles. The molecule has 2 rings (SSSR count). The number of halogens is 1. The predicted molar refractivity (Wildman–Crippen MR) is 119 cm³/mol. The maximum absolute atomic E-state index is 9.99. The average Bonchev–Trinajstić information content (AvgIpc) is 3.36. The summed E-state index contributed by atoms with van der Waals surface area (Å²) in [7, 11) is 1.70. The van der Waals surface area contributed by atoms with E-state index >= 15 is 0 Å². The molecule has 0 saturated heterocycles. The van der Waals surface area contributed by atoms with E-state index in [4.69, 9.17) is 16.3 Å². The van der Waals surface area contributed by atoms with Crippen molar-refractivity contribution in [3.63, 3.8) is 0 Å². The van der Waals surface area contributed by atoms with Gasteiger partial charge in [0.2, 0.25) is 6.41 Å². The molecule has 1 fully saturated rings. The van der Waals surface area contributed by atoms with E-state index in [1.165, 1.54) is 6.42 Å². The molecule has 1 aliphatic rings. The SMILES string of the molecule is C/C=C(Cl)\C=C(/NC)NC=O.C=CC[C@]1(COc2cnc(C)nc2CC)CC1C. The van der Waals surface area contributed by atoms with Crippen molar-refractivity contribution >= 4 is 18.0 Å². The first-order valence-corrected chi connectivity index (χ1v) is 10.2. The van der Waals surface area contributed by atoms with Crippen molar-refractivity contribution in [2.24, 2.45) is 11.3 Å². The van der Waals surface area contributed by atoms with Crippen LogP contribution in [0.25, 0.3) is 0 Å². The summed E-state index contributed by atoms with van der Waals surface area (Å²) < 4.78 is 5.96. The molecule has 1 aromatic rings. The molecular weight excluding hydrogens is 388 g/mol. The van der Waals surface area contributed by atoms with Crippen molar-refractivity contribution in [3.8, 4) is 5.75 Å². The molecule has 0 radical (unpaired) electrons.